The molecule has 0 aliphatic carbocycles. The molecule has 23 heavy (non-hydrogen) atoms. The molecule has 2 aliphatic heterocycles. The Morgan fingerprint density at radius 2 is 2.30 bits per heavy atom. The molecular formula is C16H22N4O3. The lowest BCUT2D eigenvalue weighted by molar-refractivity contribution is -0.135. The van der Waals surface area contributed by atoms with E-state index < -0.39 is 0 Å². The summed E-state index contributed by atoms with van der Waals surface area (Å²) < 4.78 is 6.26. The molecular weight excluding hydrogens is 296 g/mol. The first-order chi connectivity index (χ1) is 11.1. The molecule has 0 radical (unpaired) electrons. The van der Waals surface area contributed by atoms with Gasteiger partial charge in [-0.3, -0.25) is 14.6 Å². The number of ether oxygens (including phenoxy) is 1. The molecule has 0 unspecified atom stereocenters. The van der Waals surface area contributed by atoms with Gasteiger partial charge >= 0.3 is 0 Å². The summed E-state index contributed by atoms with van der Waals surface area (Å²) >= 11 is 0. The van der Waals surface area contributed by atoms with Gasteiger partial charge in [0.15, 0.2) is 0 Å². The Bertz CT molecular complexity index is 580. The molecule has 2 saturated heterocycles. The monoisotopic (exact) mass is 318 g/mol. The maximum Gasteiger partial charge on any atom is 0.271 e. The average Bonchev–Trinajstić information content (AvgIpc) is 2.97. The Kier molecular flexibility index (Phi) is 4.56. The molecule has 0 bridgehead atoms. The van der Waals surface area contributed by atoms with Crippen LogP contribution in [0.25, 0.3) is 0 Å². The molecule has 1 aromatic heterocycles. The summed E-state index contributed by atoms with van der Waals surface area (Å²) in [6, 6.07) is 0. The van der Waals surface area contributed by atoms with Crippen molar-refractivity contribution in [3.63, 3.8) is 0 Å². The van der Waals surface area contributed by atoms with Gasteiger partial charge in [0.2, 0.25) is 5.91 Å². The van der Waals surface area contributed by atoms with E-state index in [9.17, 15) is 9.59 Å². The number of nitrogens with one attached hydrogen (secondary N) is 1. The average molecular weight is 318 g/mol. The smallest absolute Gasteiger partial charge is 0.271 e. The van der Waals surface area contributed by atoms with Crippen LogP contribution in [0.5, 0.6) is 0 Å². The Hall–Kier alpha value is -2.02. The van der Waals surface area contributed by atoms with Gasteiger partial charge in [-0.15, -0.1) is 0 Å². The van der Waals surface area contributed by atoms with Gasteiger partial charge in [0.25, 0.3) is 5.91 Å². The van der Waals surface area contributed by atoms with Gasteiger partial charge < -0.3 is 15.0 Å². The van der Waals surface area contributed by atoms with Gasteiger partial charge in [-0.25, -0.2) is 4.98 Å². The van der Waals surface area contributed by atoms with E-state index >= 15 is 0 Å². The van der Waals surface area contributed by atoms with E-state index in [1.54, 1.807) is 6.92 Å². The second kappa shape index (κ2) is 6.62. The van der Waals surface area contributed by atoms with Crippen LogP contribution in [-0.4, -0.2) is 58.0 Å². The Morgan fingerprint density at radius 1 is 1.43 bits per heavy atom. The van der Waals surface area contributed by atoms with E-state index in [4.69, 9.17) is 4.74 Å². The third-order valence-corrected chi connectivity index (χ3v) is 4.62. The first kappa shape index (κ1) is 15.9. The lowest BCUT2D eigenvalue weighted by Gasteiger charge is -2.38. The summed E-state index contributed by atoms with van der Waals surface area (Å²) in [6.07, 6.45) is 8.28. The number of hydrogen-bond donors (Lipinski definition) is 1. The number of hydrogen-bond acceptors (Lipinski definition) is 5. The van der Waals surface area contributed by atoms with E-state index in [1.165, 1.54) is 18.6 Å². The predicted molar refractivity (Wildman–Crippen MR) is 82.7 cm³/mol. The molecule has 2 fully saturated rings. The zero-order valence-electron chi connectivity index (χ0n) is 13.3. The summed E-state index contributed by atoms with van der Waals surface area (Å²) in [5.41, 5.74) is 0.0768. The molecule has 0 aromatic carbocycles. The highest BCUT2D eigenvalue weighted by atomic mass is 16.5. The van der Waals surface area contributed by atoms with Gasteiger partial charge in [0.05, 0.1) is 17.9 Å². The first-order valence-electron chi connectivity index (χ1n) is 8.06. The molecule has 3 heterocycles. The van der Waals surface area contributed by atoms with Crippen LogP contribution in [0.2, 0.25) is 0 Å². The SMILES string of the molecule is CC(=O)N1CC[C@]2(CCC[C@@H](CNC(=O)c3cnccn3)O2)C1. The van der Waals surface area contributed by atoms with Crippen LogP contribution in [0, 0.1) is 0 Å². The zero-order chi connectivity index (χ0) is 16.3. The predicted octanol–water partition coefficient (Wildman–Crippen LogP) is 0.766. The van der Waals surface area contributed by atoms with Crippen molar-refractivity contribution in [1.29, 1.82) is 0 Å². The fraction of sp³-hybridized carbons (Fsp3) is 0.625. The van der Waals surface area contributed by atoms with E-state index in [0.717, 1.165) is 32.2 Å². The molecule has 2 amide bonds. The number of likely N-dealkylation sites (tertiary alicyclic amines) is 1. The summed E-state index contributed by atoms with van der Waals surface area (Å²) in [5.74, 6) is -0.137. The minimum atomic E-state index is -0.238. The van der Waals surface area contributed by atoms with Crippen LogP contribution in [0.3, 0.4) is 0 Å². The van der Waals surface area contributed by atoms with Gasteiger partial charge in [0.1, 0.15) is 5.69 Å². The molecule has 3 rings (SSSR count). The number of carbonyl (C=O) groups excluding carboxylic acids is 2. The summed E-state index contributed by atoms with van der Waals surface area (Å²) in [6.45, 7) is 3.47. The molecule has 2 aliphatic rings. The highest BCUT2D eigenvalue weighted by Crippen LogP contribution is 2.36. The van der Waals surface area contributed by atoms with E-state index in [-0.39, 0.29) is 23.5 Å². The Labute approximate surface area is 135 Å². The van der Waals surface area contributed by atoms with Gasteiger partial charge in [-0.2, -0.15) is 0 Å². The van der Waals surface area contributed by atoms with E-state index in [1.807, 2.05) is 4.90 Å². The van der Waals surface area contributed by atoms with Crippen LogP contribution in [0.4, 0.5) is 0 Å². The molecule has 1 aromatic rings. The van der Waals surface area contributed by atoms with Crippen molar-refractivity contribution >= 4 is 11.8 Å². The third-order valence-electron chi connectivity index (χ3n) is 4.62. The largest absolute Gasteiger partial charge is 0.368 e. The molecule has 7 heteroatoms. The second-order valence-corrected chi connectivity index (χ2v) is 6.31. The van der Waals surface area contributed by atoms with E-state index in [2.05, 4.69) is 15.3 Å². The summed E-state index contributed by atoms with van der Waals surface area (Å²) in [5, 5.41) is 2.86. The van der Waals surface area contributed by atoms with Crippen molar-refractivity contribution in [3.8, 4) is 0 Å². The molecule has 1 N–H and O–H groups in total. The van der Waals surface area contributed by atoms with Crippen molar-refractivity contribution in [1.82, 2.24) is 20.2 Å². The van der Waals surface area contributed by atoms with E-state index in [0.29, 0.717) is 18.8 Å². The second-order valence-electron chi connectivity index (χ2n) is 6.31. The summed E-state index contributed by atoms with van der Waals surface area (Å²) in [4.78, 5) is 33.3. The number of rotatable bonds is 3. The zero-order valence-corrected chi connectivity index (χ0v) is 13.3. The fourth-order valence-corrected chi connectivity index (χ4v) is 3.39. The number of carbonyl (C=O) groups is 2. The van der Waals surface area contributed by atoms with Gasteiger partial charge in [-0.1, -0.05) is 0 Å². The summed E-state index contributed by atoms with van der Waals surface area (Å²) in [7, 11) is 0. The molecule has 0 saturated carbocycles. The molecule has 7 nitrogen and oxygen atoms in total. The number of nitrogens with zero attached hydrogens (tertiary/aromatic N) is 3. The lowest BCUT2D eigenvalue weighted by atomic mass is 9.90. The maximum absolute atomic E-state index is 12.0. The standard InChI is InChI=1S/C16H22N4O3/c1-12(21)20-8-5-16(11-20)4-2-3-13(23-16)9-19-15(22)14-10-17-6-7-18-14/h6-7,10,13H,2-5,8-9,11H2,1H3,(H,19,22)/t13-,16+/m0/s1. The normalized spacial score (nSPS) is 27.2. The van der Waals surface area contributed by atoms with Crippen molar-refractivity contribution < 1.29 is 14.3 Å². The highest BCUT2D eigenvalue weighted by Gasteiger charge is 2.43. The topological polar surface area (TPSA) is 84.4 Å². The minimum Gasteiger partial charge on any atom is -0.368 e. The highest BCUT2D eigenvalue weighted by molar-refractivity contribution is 5.91. The molecule has 124 valence electrons. The van der Waals surface area contributed by atoms with Crippen molar-refractivity contribution in [3.05, 3.63) is 24.3 Å². The maximum atomic E-state index is 12.0. The van der Waals surface area contributed by atoms with Crippen LogP contribution >= 0.6 is 0 Å². The lowest BCUT2D eigenvalue weighted by Crippen LogP contribution is -2.47. The third kappa shape index (κ3) is 3.67. The Morgan fingerprint density at radius 3 is 3.00 bits per heavy atom. The van der Waals surface area contributed by atoms with Crippen LogP contribution in [0.15, 0.2) is 18.6 Å². The first-order valence-corrected chi connectivity index (χ1v) is 8.06. The number of amides is 2. The van der Waals surface area contributed by atoms with Crippen molar-refractivity contribution in [2.75, 3.05) is 19.6 Å². The van der Waals surface area contributed by atoms with Crippen molar-refractivity contribution in [2.45, 2.75) is 44.3 Å². The molecule has 2 atom stereocenters. The van der Waals surface area contributed by atoms with Crippen LogP contribution in [-0.2, 0) is 9.53 Å². The van der Waals surface area contributed by atoms with Crippen LogP contribution in [0.1, 0.15) is 43.1 Å². The number of aromatic nitrogens is 2. The minimum absolute atomic E-state index is 0.0173. The molecule has 1 spiro atoms. The van der Waals surface area contributed by atoms with Crippen LogP contribution < -0.4 is 5.32 Å². The fourth-order valence-electron chi connectivity index (χ4n) is 3.39. The van der Waals surface area contributed by atoms with Gasteiger partial charge in [-0.05, 0) is 25.7 Å². The van der Waals surface area contributed by atoms with Crippen molar-refractivity contribution in [2.24, 2.45) is 0 Å². The van der Waals surface area contributed by atoms with Gasteiger partial charge in [0, 0.05) is 39.0 Å². The quantitative estimate of drug-likeness (QED) is 0.890. The Balaban J connectivity index is 1.53.